The van der Waals surface area contributed by atoms with Crippen LogP contribution in [0.25, 0.3) is 143 Å². The Morgan fingerprint density at radius 1 is 0.237 bits per heavy atom. The molecule has 16 rings (SSSR count). The first-order valence-electron chi connectivity index (χ1n) is 26.4. The summed E-state index contributed by atoms with van der Waals surface area (Å²) in [5, 5.41) is 10.9. The van der Waals surface area contributed by atoms with E-state index >= 15 is 0 Å². The lowest BCUT2D eigenvalue weighted by Gasteiger charge is -2.15. The summed E-state index contributed by atoms with van der Waals surface area (Å²) in [6, 6.07) is 95.1. The molecule has 0 amide bonds. The largest absolute Gasteiger partial charge is 0.309 e. The van der Waals surface area contributed by atoms with Gasteiger partial charge in [-0.25, -0.2) is 4.98 Å². The van der Waals surface area contributed by atoms with Crippen LogP contribution >= 0.6 is 0 Å². The van der Waals surface area contributed by atoms with Crippen molar-refractivity contribution in [3.63, 3.8) is 0 Å². The summed E-state index contributed by atoms with van der Waals surface area (Å²) in [6.45, 7) is 4.00. The first kappa shape index (κ1) is 43.6. The van der Waals surface area contributed by atoms with Gasteiger partial charge in [-0.2, -0.15) is 0 Å². The van der Waals surface area contributed by atoms with E-state index in [1.807, 2.05) is 13.8 Å². The average Bonchev–Trinajstić information content (AvgIpc) is 4.22. The zero-order valence-corrected chi connectivity index (χ0v) is 42.1. The molecule has 16 aromatic rings. The van der Waals surface area contributed by atoms with Crippen LogP contribution in [-0.2, 0) is 0 Å². The lowest BCUT2D eigenvalue weighted by atomic mass is 10.0. The Morgan fingerprint density at radius 3 is 0.961 bits per heavy atom. The number of rotatable bonds is 6. The normalized spacial score (nSPS) is 11.8. The fourth-order valence-corrected chi connectivity index (χ4v) is 12.3. The van der Waals surface area contributed by atoms with Gasteiger partial charge in [-0.3, -0.25) is 4.57 Å². The lowest BCUT2D eigenvalue weighted by Crippen LogP contribution is -2.03. The third-order valence-corrected chi connectivity index (χ3v) is 15.5. The molecule has 0 saturated carbocycles. The molecule has 0 atom stereocenters. The molecule has 0 aliphatic rings. The molecule has 76 heavy (non-hydrogen) atoms. The molecule has 11 aromatic carbocycles. The number of pyridine rings is 1. The number of para-hydroxylation sites is 7. The van der Waals surface area contributed by atoms with E-state index < -0.39 is 0 Å². The number of benzene rings is 11. The predicted molar refractivity (Wildman–Crippen MR) is 321 cm³/mol. The molecule has 5 heteroatoms. The smallest absolute Gasteiger partial charge is 0.140 e. The molecule has 0 aliphatic carbocycles. The second kappa shape index (κ2) is 17.3. The van der Waals surface area contributed by atoms with Crippen LogP contribution in [0.1, 0.15) is 13.8 Å². The second-order valence-electron chi connectivity index (χ2n) is 19.5. The van der Waals surface area contributed by atoms with Gasteiger partial charge in [-0.05, 0) is 125 Å². The van der Waals surface area contributed by atoms with E-state index in [9.17, 15) is 0 Å². The lowest BCUT2D eigenvalue weighted by molar-refractivity contribution is 1.08. The van der Waals surface area contributed by atoms with E-state index in [-0.39, 0.29) is 0 Å². The van der Waals surface area contributed by atoms with Crippen molar-refractivity contribution in [3.8, 4) is 45.1 Å². The van der Waals surface area contributed by atoms with Gasteiger partial charge in [-0.15, -0.1) is 0 Å². The summed E-state index contributed by atoms with van der Waals surface area (Å²) in [5.74, 6) is 0.873. The van der Waals surface area contributed by atoms with Crippen LogP contribution in [0.2, 0.25) is 0 Å². The van der Waals surface area contributed by atoms with Crippen LogP contribution in [0.5, 0.6) is 0 Å². The number of fused-ring (bicyclic) bond motifs is 13. The highest BCUT2D eigenvalue weighted by Gasteiger charge is 2.21. The van der Waals surface area contributed by atoms with Gasteiger partial charge in [0.15, 0.2) is 0 Å². The van der Waals surface area contributed by atoms with Crippen molar-refractivity contribution in [1.29, 1.82) is 0 Å². The van der Waals surface area contributed by atoms with Crippen molar-refractivity contribution in [2.75, 3.05) is 0 Å². The highest BCUT2D eigenvalue weighted by atomic mass is 15.1. The fraction of sp³-hybridized carbons (Fsp3) is 0.0282. The van der Waals surface area contributed by atoms with Gasteiger partial charge in [-0.1, -0.05) is 166 Å². The zero-order valence-electron chi connectivity index (χ0n) is 42.1. The summed E-state index contributed by atoms with van der Waals surface area (Å²) >= 11 is 0. The molecule has 0 aliphatic heterocycles. The van der Waals surface area contributed by atoms with E-state index in [0.29, 0.717) is 0 Å². The third-order valence-electron chi connectivity index (χ3n) is 15.5. The van der Waals surface area contributed by atoms with Gasteiger partial charge in [0.05, 0.1) is 55.3 Å². The van der Waals surface area contributed by atoms with Crippen LogP contribution < -0.4 is 0 Å². The summed E-state index contributed by atoms with van der Waals surface area (Å²) in [6.07, 6.45) is 0. The van der Waals surface area contributed by atoms with Gasteiger partial charge in [0.25, 0.3) is 0 Å². The molecule has 0 saturated heterocycles. The fourth-order valence-electron chi connectivity index (χ4n) is 12.3. The number of aromatic nitrogens is 5. The molecule has 0 radical (unpaired) electrons. The molecule has 5 aromatic heterocycles. The summed E-state index contributed by atoms with van der Waals surface area (Å²) in [7, 11) is 0. The quantitative estimate of drug-likeness (QED) is 0.163. The SMILES string of the molecule is CC.c1ccc(-n2c3ccccc3c3cc(-c4ccc5c(c4)c4ccccc4n5-c4cc(-n5c6ccccc6c6cc(-c7ccc8c(c7)c7ccccc7n8-c7ccccc7)ccc65)c5ccccc5n4)ccc32)cc1. The molecule has 5 nitrogen and oxygen atoms in total. The Labute approximate surface area is 439 Å². The van der Waals surface area contributed by atoms with Gasteiger partial charge in [0, 0.05) is 65.9 Å². The predicted octanol–water partition coefficient (Wildman–Crippen LogP) is 19.0. The maximum Gasteiger partial charge on any atom is 0.140 e. The minimum atomic E-state index is 0.873. The van der Waals surface area contributed by atoms with Crippen molar-refractivity contribution in [2.24, 2.45) is 0 Å². The Kier molecular flexibility index (Phi) is 9.94. The Morgan fingerprint density at radius 2 is 0.539 bits per heavy atom. The summed E-state index contributed by atoms with van der Waals surface area (Å²) in [4.78, 5) is 5.49. The maximum absolute atomic E-state index is 5.49. The maximum atomic E-state index is 5.49. The summed E-state index contributed by atoms with van der Waals surface area (Å²) in [5.41, 5.74) is 18.4. The van der Waals surface area contributed by atoms with Crippen LogP contribution in [0, 0.1) is 0 Å². The molecular weight excluding hydrogens is 923 g/mol. The van der Waals surface area contributed by atoms with Gasteiger partial charge in [0.1, 0.15) is 5.82 Å². The molecule has 358 valence electrons. The monoisotopic (exact) mass is 971 g/mol. The first-order valence-corrected chi connectivity index (χ1v) is 26.4. The van der Waals surface area contributed by atoms with E-state index in [1.165, 1.54) is 87.4 Å². The van der Waals surface area contributed by atoms with Crippen molar-refractivity contribution in [1.82, 2.24) is 23.3 Å². The summed E-state index contributed by atoms with van der Waals surface area (Å²) < 4.78 is 9.57. The molecule has 0 unspecified atom stereocenters. The van der Waals surface area contributed by atoms with E-state index in [2.05, 4.69) is 279 Å². The standard InChI is InChI=1S/C69H43N5.C2H6/c1-3-17-48(18-4-1)71-60-27-13-8-21-50(60)55-39-44(31-35-64(55)71)46-33-37-66-57(41-46)52-23-10-15-29-62(52)73(66)68-43-69(70-59-26-12-7-25-54(59)68)74-63-30-16-11-24-53(63)58-42-47(34-38-67(58)74)45-32-36-65-56(40-45)51-22-9-14-28-61(51)72(65)49-19-5-2-6-20-49;1-2/h1-43H;1-2H3. The average molecular weight is 972 g/mol. The Hall–Kier alpha value is -9.97. The molecule has 0 bridgehead atoms. The van der Waals surface area contributed by atoms with Crippen LogP contribution in [-0.4, -0.2) is 23.3 Å². The van der Waals surface area contributed by atoms with Crippen molar-refractivity contribution < 1.29 is 0 Å². The van der Waals surface area contributed by atoms with Gasteiger partial charge in [0.2, 0.25) is 0 Å². The van der Waals surface area contributed by atoms with E-state index in [0.717, 1.165) is 55.8 Å². The van der Waals surface area contributed by atoms with Gasteiger partial charge >= 0.3 is 0 Å². The molecule has 0 fully saturated rings. The van der Waals surface area contributed by atoms with Crippen LogP contribution in [0.15, 0.2) is 261 Å². The topological polar surface area (TPSA) is 32.6 Å². The molecule has 0 N–H and O–H groups in total. The number of hydrogen-bond donors (Lipinski definition) is 0. The van der Waals surface area contributed by atoms with Crippen LogP contribution in [0.4, 0.5) is 0 Å². The van der Waals surface area contributed by atoms with Crippen molar-refractivity contribution in [2.45, 2.75) is 13.8 Å². The molecule has 0 spiro atoms. The van der Waals surface area contributed by atoms with Crippen molar-refractivity contribution in [3.05, 3.63) is 261 Å². The zero-order chi connectivity index (χ0) is 50.4. The minimum Gasteiger partial charge on any atom is -0.309 e. The van der Waals surface area contributed by atoms with Gasteiger partial charge < -0.3 is 13.7 Å². The second-order valence-corrected chi connectivity index (χ2v) is 19.5. The van der Waals surface area contributed by atoms with E-state index in [1.54, 1.807) is 0 Å². The third kappa shape index (κ3) is 6.55. The number of hydrogen-bond acceptors (Lipinski definition) is 1. The first-order chi connectivity index (χ1) is 37.7. The highest BCUT2D eigenvalue weighted by Crippen LogP contribution is 2.42. The van der Waals surface area contributed by atoms with Crippen LogP contribution in [0.3, 0.4) is 0 Å². The number of nitrogens with zero attached hydrogens (tertiary/aromatic N) is 5. The Balaban J connectivity index is 0.00000250. The minimum absolute atomic E-state index is 0.873. The molecule has 5 heterocycles. The highest BCUT2D eigenvalue weighted by molar-refractivity contribution is 6.15. The molecular formula is C71H49N5. The Bertz CT molecular complexity index is 4950. The van der Waals surface area contributed by atoms with Crippen molar-refractivity contribution >= 4 is 98.1 Å². The van der Waals surface area contributed by atoms with E-state index in [4.69, 9.17) is 4.98 Å².